The molecule has 0 unspecified atom stereocenters. The Balaban J connectivity index is 0.000000102. The van der Waals surface area contributed by atoms with Crippen LogP contribution in [0.3, 0.4) is 0 Å². The molecule has 0 amide bonds. The Morgan fingerprint density at radius 3 is 0.953 bits per heavy atom. The number of benzene rings is 19. The summed E-state index contributed by atoms with van der Waals surface area (Å²) in [5.74, 6) is 0. The van der Waals surface area contributed by atoms with Crippen molar-refractivity contribution in [2.75, 3.05) is 0 Å². The Hall–Kier alpha value is -19.8. The van der Waals surface area contributed by atoms with Crippen molar-refractivity contribution in [3.8, 4) is 78.6 Å². The van der Waals surface area contributed by atoms with Crippen molar-refractivity contribution in [2.24, 2.45) is 0 Å². The van der Waals surface area contributed by atoms with E-state index in [0.29, 0.717) is 0 Å². The van der Waals surface area contributed by atoms with Crippen LogP contribution in [-0.4, -0.2) is 47.3 Å². The molecule has 0 aliphatic heterocycles. The van der Waals surface area contributed by atoms with E-state index in [1.807, 2.05) is 79.0 Å². The molecule has 14 aromatic heterocycles. The predicted molar refractivity (Wildman–Crippen MR) is 613 cm³/mol. The fourth-order valence-electron chi connectivity index (χ4n) is 23.6. The number of thiophene rings is 1. The van der Waals surface area contributed by atoms with Crippen LogP contribution < -0.4 is 0 Å². The molecular formula is C134H80N10O3S. The van der Waals surface area contributed by atoms with Gasteiger partial charge in [0.2, 0.25) is 0 Å². The van der Waals surface area contributed by atoms with Gasteiger partial charge < -0.3 is 40.7 Å². The van der Waals surface area contributed by atoms with Gasteiger partial charge in [-0.25, -0.2) is 0 Å². The number of pyridine rings is 4. The minimum atomic E-state index is 0.859. The molecule has 14 heterocycles. The molecule has 0 saturated carbocycles. The highest BCUT2D eigenvalue weighted by Crippen LogP contribution is 2.48. The molecule has 0 radical (unpaired) electrons. The molecule has 33 rings (SSSR count). The minimum Gasteiger partial charge on any atom is -0.456 e. The second-order valence-corrected chi connectivity index (χ2v) is 39.4. The molecule has 0 saturated heterocycles. The summed E-state index contributed by atoms with van der Waals surface area (Å²) in [4.78, 5) is 18.1. The van der Waals surface area contributed by atoms with Crippen molar-refractivity contribution in [1.29, 1.82) is 0 Å². The molecule has 0 aliphatic carbocycles. The molecular weight excluding hydrogens is 1830 g/mol. The first-order valence-electron chi connectivity index (χ1n) is 49.9. The first kappa shape index (κ1) is 82.9. The summed E-state index contributed by atoms with van der Waals surface area (Å²) >= 11 is 1.86. The Bertz CT molecular complexity index is 10900. The first-order valence-corrected chi connectivity index (χ1v) is 50.7. The van der Waals surface area contributed by atoms with Crippen LogP contribution in [0.5, 0.6) is 0 Å². The number of rotatable bonds is 10. The number of nitrogens with zero attached hydrogens (tertiary/aromatic N) is 10. The van der Waals surface area contributed by atoms with E-state index in [-0.39, 0.29) is 0 Å². The highest BCUT2D eigenvalue weighted by Gasteiger charge is 2.25. The van der Waals surface area contributed by atoms with Crippen molar-refractivity contribution >= 4 is 228 Å². The van der Waals surface area contributed by atoms with E-state index in [1.54, 1.807) is 0 Å². The van der Waals surface area contributed by atoms with E-state index in [1.165, 1.54) is 141 Å². The van der Waals surface area contributed by atoms with Crippen molar-refractivity contribution in [3.05, 3.63) is 486 Å². The van der Waals surface area contributed by atoms with Gasteiger partial charge in [0, 0.05) is 177 Å². The minimum absolute atomic E-state index is 0.859. The van der Waals surface area contributed by atoms with Gasteiger partial charge in [0.05, 0.1) is 84.1 Å². The molecule has 33 aromatic rings. The highest BCUT2D eigenvalue weighted by molar-refractivity contribution is 7.25. The smallest absolute Gasteiger partial charge is 0.135 e. The van der Waals surface area contributed by atoms with Crippen molar-refractivity contribution in [1.82, 2.24) is 47.3 Å². The van der Waals surface area contributed by atoms with Gasteiger partial charge in [-0.1, -0.05) is 218 Å². The summed E-state index contributed by atoms with van der Waals surface area (Å²) in [6.45, 7) is 0. The van der Waals surface area contributed by atoms with E-state index in [2.05, 4.69) is 466 Å². The topological polar surface area (TPSA) is 121 Å². The Labute approximate surface area is 847 Å². The molecule has 0 atom stereocenters. The summed E-state index contributed by atoms with van der Waals surface area (Å²) in [5.41, 5.74) is 36.0. The van der Waals surface area contributed by atoms with Crippen molar-refractivity contribution in [2.45, 2.75) is 0 Å². The average molecular weight is 1910 g/mol. The lowest BCUT2D eigenvalue weighted by molar-refractivity contribution is 0.668. The molecule has 148 heavy (non-hydrogen) atoms. The Kier molecular flexibility index (Phi) is 18.4. The SMILES string of the molecule is c1cc(-c2ccc3oc4ccccc4c3c2)cc(-c2ccc3oc4ccc(-n5c6cnccc6c6ncccc65)cc4c3c2)c1.c1cc(-c2ccc3sc4ccc(-n5c6ccccc6c6cnccc65)cc4c3c2)cc(-n2c3ccccc3c3ccccc32)c1.c1ccc2c(c1)c1ccccc1n2-c1cc(-c2ccc3oc4ccc(-n5c6ccccc6c6ccncc65)cc4c3c2)cc(-n2c3ccccc3c3ccccc32)c1. The molecule has 19 aromatic carbocycles. The first-order chi connectivity index (χ1) is 73.4. The molecule has 0 aliphatic rings. The van der Waals surface area contributed by atoms with E-state index in [4.69, 9.17) is 13.3 Å². The van der Waals surface area contributed by atoms with Crippen LogP contribution in [0.25, 0.3) is 296 Å². The van der Waals surface area contributed by atoms with E-state index < -0.39 is 0 Å². The van der Waals surface area contributed by atoms with Crippen LogP contribution in [0.2, 0.25) is 0 Å². The highest BCUT2D eigenvalue weighted by atomic mass is 32.1. The summed E-state index contributed by atoms with van der Waals surface area (Å²) in [6.07, 6.45) is 13.3. The van der Waals surface area contributed by atoms with Crippen LogP contribution in [0.4, 0.5) is 0 Å². The van der Waals surface area contributed by atoms with Crippen LogP contribution in [-0.2, 0) is 0 Å². The van der Waals surface area contributed by atoms with Gasteiger partial charge in [-0.15, -0.1) is 11.3 Å². The molecule has 0 spiro atoms. The number of fused-ring (bicyclic) bond motifs is 30. The predicted octanol–water partition coefficient (Wildman–Crippen LogP) is 36.0. The number of hydrogen-bond donors (Lipinski definition) is 0. The summed E-state index contributed by atoms with van der Waals surface area (Å²) < 4.78 is 35.6. The zero-order chi connectivity index (χ0) is 96.9. The fraction of sp³-hybridized carbons (Fsp3) is 0. The van der Waals surface area contributed by atoms with Gasteiger partial charge >= 0.3 is 0 Å². The summed E-state index contributed by atoms with van der Waals surface area (Å²) in [7, 11) is 0. The molecule has 13 nitrogen and oxygen atoms in total. The monoisotopic (exact) mass is 1910 g/mol. The molecule has 0 N–H and O–H groups in total. The number of para-hydroxylation sites is 9. The third-order valence-electron chi connectivity index (χ3n) is 30.2. The van der Waals surface area contributed by atoms with E-state index in [9.17, 15) is 0 Å². The number of hydrogen-bond acceptors (Lipinski definition) is 8. The lowest BCUT2D eigenvalue weighted by atomic mass is 9.97. The lowest BCUT2D eigenvalue weighted by Crippen LogP contribution is -2.00. The van der Waals surface area contributed by atoms with Crippen LogP contribution in [0.1, 0.15) is 0 Å². The van der Waals surface area contributed by atoms with Crippen LogP contribution in [0.15, 0.2) is 499 Å². The summed E-state index contributed by atoms with van der Waals surface area (Å²) in [6, 6.07) is 159. The molecule has 690 valence electrons. The van der Waals surface area contributed by atoms with Crippen molar-refractivity contribution < 1.29 is 13.3 Å². The molecule has 0 bridgehead atoms. The second-order valence-electron chi connectivity index (χ2n) is 38.4. The number of aromatic nitrogens is 10. The standard InChI is InChI=1S/C53H32N4O.C41H25N3S.C40H23N3O2/c1-7-17-47-38(11-1)39-12-2-8-18-48(39)56(47)36-27-34(28-37(30-36)57-49-19-9-3-13-40(49)41-14-4-10-20-50(41)57)33-21-23-52-44(29-33)45-31-35(22-24-53(45)58-52)55-46-16-6-5-15-42(46)43-25-26-54-32-51(43)55;1-4-13-36-30(10-1)31-11-2-5-14-37(31)43(36)28-9-7-8-26(22-28)27-16-18-40-33(23-27)34-24-29(17-19-41(34)45-40)44-38-15-6-3-12-32(38)35-25-42-21-20-39(35)44;1-2-9-36-29(7-1)31-20-26(10-13-37(31)44-36)24-5-3-6-25(19-24)27-11-14-38-32(21-27)33-22-28(12-15-39(33)45-38)43-34-8-4-17-42-40(34)30-16-18-41-23-35(30)43/h1-32H;1-25H;1-23H. The van der Waals surface area contributed by atoms with Crippen molar-refractivity contribution in [3.63, 3.8) is 0 Å². The third-order valence-corrected chi connectivity index (χ3v) is 31.4. The largest absolute Gasteiger partial charge is 0.456 e. The fourth-order valence-corrected chi connectivity index (χ4v) is 24.7. The van der Waals surface area contributed by atoms with Gasteiger partial charge in [0.1, 0.15) is 33.5 Å². The zero-order valence-electron chi connectivity index (χ0n) is 79.3. The Morgan fingerprint density at radius 2 is 0.453 bits per heavy atom. The maximum absolute atomic E-state index is 6.52. The molecule has 14 heteroatoms. The van der Waals surface area contributed by atoms with E-state index in [0.717, 1.165) is 155 Å². The summed E-state index contributed by atoms with van der Waals surface area (Å²) in [5, 5.41) is 22.5. The number of furan rings is 3. The van der Waals surface area contributed by atoms with Crippen LogP contribution >= 0.6 is 11.3 Å². The van der Waals surface area contributed by atoms with Gasteiger partial charge in [-0.3, -0.25) is 19.9 Å². The average Bonchev–Trinajstić information content (AvgIpc) is 1.61. The van der Waals surface area contributed by atoms with Gasteiger partial charge in [-0.2, -0.15) is 0 Å². The quantitative estimate of drug-likeness (QED) is 0.134. The Morgan fingerprint density at radius 1 is 0.155 bits per heavy atom. The maximum atomic E-state index is 6.52. The zero-order valence-corrected chi connectivity index (χ0v) is 80.1. The third kappa shape index (κ3) is 13.0. The van der Waals surface area contributed by atoms with Crippen LogP contribution in [0, 0.1) is 0 Å². The lowest BCUT2D eigenvalue weighted by Gasteiger charge is -2.16. The van der Waals surface area contributed by atoms with Gasteiger partial charge in [-0.05, 0) is 269 Å². The van der Waals surface area contributed by atoms with E-state index >= 15 is 0 Å². The van der Waals surface area contributed by atoms with Gasteiger partial charge in [0.25, 0.3) is 0 Å². The normalized spacial score (nSPS) is 12.1. The van der Waals surface area contributed by atoms with Gasteiger partial charge in [0.15, 0.2) is 0 Å². The maximum Gasteiger partial charge on any atom is 0.135 e. The molecule has 0 fully saturated rings. The second kappa shape index (κ2) is 32.9.